The number of hydrogen-bond donors (Lipinski definition) is 2. The molecule has 0 fully saturated rings. The maximum Gasteiger partial charge on any atom is 0.307 e. The molecule has 0 bridgehead atoms. The Hall–Kier alpha value is -5.16. The van der Waals surface area contributed by atoms with Gasteiger partial charge in [0.15, 0.2) is 17.1 Å². The van der Waals surface area contributed by atoms with Crippen LogP contribution in [0.25, 0.3) is 27.3 Å². The minimum absolute atomic E-state index is 0.118. The number of para-hydroxylation sites is 2. The Labute approximate surface area is 268 Å². The van der Waals surface area contributed by atoms with E-state index in [1.807, 2.05) is 85.8 Å². The molecule has 10 nitrogen and oxygen atoms in total. The highest BCUT2D eigenvalue weighted by Crippen LogP contribution is 2.38. The van der Waals surface area contributed by atoms with E-state index in [0.29, 0.717) is 29.4 Å². The smallest absolute Gasteiger partial charge is 0.307 e. The second-order valence-electron chi connectivity index (χ2n) is 11.2. The molecular formula is C35H32N2O8S. The fraction of sp³-hybridized carbons (Fsp3) is 0.257. The van der Waals surface area contributed by atoms with Crippen molar-refractivity contribution in [3.63, 3.8) is 0 Å². The number of thiophene rings is 1. The van der Waals surface area contributed by atoms with Gasteiger partial charge in [0, 0.05) is 28.0 Å². The average molecular weight is 641 g/mol. The maximum absolute atomic E-state index is 14.0. The predicted octanol–water partition coefficient (Wildman–Crippen LogP) is 6.94. The van der Waals surface area contributed by atoms with Crippen molar-refractivity contribution in [1.82, 2.24) is 9.88 Å². The first-order chi connectivity index (χ1) is 22.2. The first-order valence-electron chi connectivity index (χ1n) is 14.9. The van der Waals surface area contributed by atoms with Crippen molar-refractivity contribution in [2.24, 2.45) is 5.92 Å². The summed E-state index contributed by atoms with van der Waals surface area (Å²) in [5.41, 5.74) is 2.32. The second kappa shape index (κ2) is 13.5. The quantitative estimate of drug-likeness (QED) is 0.140. The summed E-state index contributed by atoms with van der Waals surface area (Å²) in [5, 5.41) is 20.1. The number of carbonyl (C=O) groups is 3. The van der Waals surface area contributed by atoms with Gasteiger partial charge in [-0.25, -0.2) is 4.98 Å². The third-order valence-electron chi connectivity index (χ3n) is 8.17. The summed E-state index contributed by atoms with van der Waals surface area (Å²) in [7, 11) is 0. The maximum atomic E-state index is 14.0. The Balaban J connectivity index is 1.34. The largest absolute Gasteiger partial charge is 0.481 e. The van der Waals surface area contributed by atoms with E-state index in [9.17, 15) is 24.6 Å². The van der Waals surface area contributed by atoms with E-state index in [2.05, 4.69) is 4.98 Å². The van der Waals surface area contributed by atoms with Crippen molar-refractivity contribution >= 4 is 56.4 Å². The van der Waals surface area contributed by atoms with Crippen LogP contribution in [0.3, 0.4) is 0 Å². The molecule has 1 amide bonds. The summed E-state index contributed by atoms with van der Waals surface area (Å²) in [6.45, 7) is 2.28. The van der Waals surface area contributed by atoms with Crippen LogP contribution in [0.2, 0.25) is 0 Å². The van der Waals surface area contributed by atoms with Crippen molar-refractivity contribution in [2.45, 2.75) is 44.7 Å². The Morgan fingerprint density at radius 2 is 1.76 bits per heavy atom. The number of carboxylic acid groups (broad SMARTS) is 2. The molecule has 0 radical (unpaired) electrons. The molecule has 1 aliphatic rings. The van der Waals surface area contributed by atoms with Crippen LogP contribution in [-0.2, 0) is 20.9 Å². The number of ether oxygens (including phenoxy) is 2. The molecule has 5 aromatic rings. The summed E-state index contributed by atoms with van der Waals surface area (Å²) in [6, 6.07) is 22.7. The van der Waals surface area contributed by atoms with Gasteiger partial charge < -0.3 is 29.0 Å². The zero-order chi connectivity index (χ0) is 32.2. The summed E-state index contributed by atoms with van der Waals surface area (Å²) in [5.74, 6) is -2.96. The standard InChI is InChI=1S/C35H32N2O8S/c1-21(37(33(38)17-24(35(41)42)18-34(39)40)19-25-15-23-7-2-5-11-31(23)46-25)26(22-13-14-29-30(16-22)44-20-43-29)8-6-12-32-36-27-9-3-4-10-28(27)45-32/h2-7,9-16,21,24,26H,8,17-20H2,1H3,(H,39,40)(H,41,42)/t21-,24+,26+/m0/s1. The average Bonchev–Trinajstić information content (AvgIpc) is 3.78. The highest BCUT2D eigenvalue weighted by molar-refractivity contribution is 7.19. The molecule has 46 heavy (non-hydrogen) atoms. The minimum Gasteiger partial charge on any atom is -0.481 e. The molecule has 6 rings (SSSR count). The lowest BCUT2D eigenvalue weighted by Gasteiger charge is -2.35. The number of carboxylic acids is 2. The summed E-state index contributed by atoms with van der Waals surface area (Å²) in [4.78, 5) is 44.5. The summed E-state index contributed by atoms with van der Waals surface area (Å²) < 4.78 is 18.1. The lowest BCUT2D eigenvalue weighted by Crippen LogP contribution is -2.42. The van der Waals surface area contributed by atoms with Crippen LogP contribution in [0.5, 0.6) is 11.5 Å². The topological polar surface area (TPSA) is 139 Å². The normalized spacial score (nSPS) is 14.5. The molecule has 0 saturated carbocycles. The van der Waals surface area contributed by atoms with E-state index in [1.54, 1.807) is 22.3 Å². The van der Waals surface area contributed by atoms with Crippen LogP contribution in [0.15, 0.2) is 83.3 Å². The first kappa shape index (κ1) is 30.8. The van der Waals surface area contributed by atoms with Gasteiger partial charge in [0.2, 0.25) is 18.6 Å². The number of aromatic nitrogens is 1. The second-order valence-corrected chi connectivity index (χ2v) is 12.4. The van der Waals surface area contributed by atoms with Gasteiger partial charge in [-0.05, 0) is 66.8 Å². The fourth-order valence-electron chi connectivity index (χ4n) is 5.78. The van der Waals surface area contributed by atoms with E-state index < -0.39 is 42.6 Å². The Morgan fingerprint density at radius 3 is 2.54 bits per heavy atom. The minimum atomic E-state index is -1.36. The van der Waals surface area contributed by atoms with Gasteiger partial charge in [-0.15, -0.1) is 11.3 Å². The zero-order valence-electron chi connectivity index (χ0n) is 25.0. The number of nitrogens with zero attached hydrogens (tertiary/aromatic N) is 2. The van der Waals surface area contributed by atoms with Crippen molar-refractivity contribution in [2.75, 3.05) is 6.79 Å². The van der Waals surface area contributed by atoms with E-state index in [-0.39, 0.29) is 19.3 Å². The van der Waals surface area contributed by atoms with Crippen LogP contribution in [0, 0.1) is 5.92 Å². The zero-order valence-corrected chi connectivity index (χ0v) is 25.8. The van der Waals surface area contributed by atoms with Crippen LogP contribution < -0.4 is 9.47 Å². The molecule has 1 aliphatic heterocycles. The van der Waals surface area contributed by atoms with Crippen molar-refractivity contribution in [3.8, 4) is 11.5 Å². The molecule has 0 unspecified atom stereocenters. The van der Waals surface area contributed by atoms with E-state index in [0.717, 1.165) is 26.0 Å². The molecule has 2 aromatic heterocycles. The van der Waals surface area contributed by atoms with Crippen molar-refractivity contribution < 1.29 is 38.5 Å². The fourth-order valence-corrected chi connectivity index (χ4v) is 6.84. The molecule has 0 saturated heterocycles. The molecular weight excluding hydrogens is 608 g/mol. The van der Waals surface area contributed by atoms with E-state index in [4.69, 9.17) is 13.9 Å². The molecule has 0 aliphatic carbocycles. The number of allylic oxidation sites excluding steroid dienone is 1. The Bertz CT molecular complexity index is 1860. The highest BCUT2D eigenvalue weighted by atomic mass is 32.1. The van der Waals surface area contributed by atoms with Gasteiger partial charge in [-0.1, -0.05) is 42.5 Å². The molecule has 3 heterocycles. The number of oxazole rings is 1. The van der Waals surface area contributed by atoms with Gasteiger partial charge in [0.25, 0.3) is 0 Å². The molecule has 3 aromatic carbocycles. The van der Waals surface area contributed by atoms with Gasteiger partial charge in [-0.3, -0.25) is 14.4 Å². The predicted molar refractivity (Wildman–Crippen MR) is 173 cm³/mol. The molecule has 11 heteroatoms. The van der Waals surface area contributed by atoms with E-state index in [1.165, 1.54) is 0 Å². The van der Waals surface area contributed by atoms with Crippen molar-refractivity contribution in [1.29, 1.82) is 0 Å². The van der Waals surface area contributed by atoms with Crippen LogP contribution >= 0.6 is 11.3 Å². The number of hydrogen-bond acceptors (Lipinski definition) is 8. The molecule has 0 spiro atoms. The number of fused-ring (bicyclic) bond motifs is 3. The highest BCUT2D eigenvalue weighted by Gasteiger charge is 2.33. The van der Waals surface area contributed by atoms with Gasteiger partial charge in [0.1, 0.15) is 5.52 Å². The molecule has 236 valence electrons. The van der Waals surface area contributed by atoms with Gasteiger partial charge in [-0.2, -0.15) is 0 Å². The third-order valence-corrected chi connectivity index (χ3v) is 9.27. The van der Waals surface area contributed by atoms with Crippen LogP contribution in [0.4, 0.5) is 0 Å². The number of benzene rings is 3. The van der Waals surface area contributed by atoms with Crippen LogP contribution in [0.1, 0.15) is 48.4 Å². The Morgan fingerprint density at radius 1 is 0.978 bits per heavy atom. The lowest BCUT2D eigenvalue weighted by molar-refractivity contribution is -0.151. The van der Waals surface area contributed by atoms with Crippen LogP contribution in [-0.4, -0.2) is 50.8 Å². The molecule has 2 N–H and O–H groups in total. The number of carbonyl (C=O) groups excluding carboxylic acids is 1. The summed E-state index contributed by atoms with van der Waals surface area (Å²) in [6.07, 6.45) is 3.14. The monoisotopic (exact) mass is 640 g/mol. The first-order valence-corrected chi connectivity index (χ1v) is 15.7. The van der Waals surface area contributed by atoms with Crippen molar-refractivity contribution in [3.05, 3.63) is 95.2 Å². The number of amides is 1. The molecule has 3 atom stereocenters. The lowest BCUT2D eigenvalue weighted by atomic mass is 9.87. The third kappa shape index (κ3) is 6.89. The van der Waals surface area contributed by atoms with Gasteiger partial charge in [0.05, 0.1) is 18.9 Å². The van der Waals surface area contributed by atoms with Gasteiger partial charge >= 0.3 is 11.9 Å². The van der Waals surface area contributed by atoms with E-state index >= 15 is 0 Å². The SMILES string of the molecule is C[C@@H]([C@@H](CC=Cc1nc2ccccc2o1)c1ccc2c(c1)OCO2)N(Cc1cc2ccccc2s1)C(=O)C[C@H](CC(=O)O)C(=O)O. The number of rotatable bonds is 13. The summed E-state index contributed by atoms with van der Waals surface area (Å²) >= 11 is 1.56. The Kier molecular flexibility index (Phi) is 9.02. The number of aliphatic carboxylic acids is 2.